The Hall–Kier alpha value is -4.13. The smallest absolute Gasteiger partial charge is 0.625 e. The summed E-state index contributed by atoms with van der Waals surface area (Å²) < 4.78 is 0. The predicted molar refractivity (Wildman–Crippen MR) is 156 cm³/mol. The van der Waals surface area contributed by atoms with Crippen molar-refractivity contribution < 1.29 is 31.2 Å². The Morgan fingerprint density at radius 3 is 2.32 bits per heavy atom. The number of amides is 1. The monoisotopic (exact) mass is 589 g/mol. The van der Waals surface area contributed by atoms with Gasteiger partial charge < -0.3 is 15.2 Å². The number of hydrogen-bond donors (Lipinski definition) is 1. The summed E-state index contributed by atoms with van der Waals surface area (Å²) in [6.07, 6.45) is 3.65. The molecule has 0 spiro atoms. The largest absolute Gasteiger partial charge is 2.00 e. The molecule has 0 bridgehead atoms. The molecule has 2 atom stereocenters. The van der Waals surface area contributed by atoms with Gasteiger partial charge in [0.1, 0.15) is 0 Å². The summed E-state index contributed by atoms with van der Waals surface area (Å²) in [6, 6.07) is 30.7. The molecule has 1 N–H and O–H groups in total. The van der Waals surface area contributed by atoms with Crippen molar-refractivity contribution in [1.82, 2.24) is 9.88 Å². The van der Waals surface area contributed by atoms with Gasteiger partial charge in [0.15, 0.2) is 6.04 Å². The molecule has 7 nitrogen and oxygen atoms in total. The molecule has 3 aromatic carbocycles. The Morgan fingerprint density at radius 2 is 1.61 bits per heavy atom. The fourth-order valence-corrected chi connectivity index (χ4v) is 5.04. The van der Waals surface area contributed by atoms with Gasteiger partial charge in [0.2, 0.25) is 0 Å². The van der Waals surface area contributed by atoms with Gasteiger partial charge in [-0.3, -0.25) is 14.9 Å². The zero-order valence-electron chi connectivity index (χ0n) is 22.5. The third-order valence-corrected chi connectivity index (χ3v) is 7.02. The number of aromatic nitrogens is 1. The second-order valence-corrected chi connectivity index (χ2v) is 9.80. The van der Waals surface area contributed by atoms with Crippen LogP contribution >= 0.6 is 0 Å². The molecule has 0 aliphatic carbocycles. The number of aliphatic carboxylic acids is 1. The van der Waals surface area contributed by atoms with Gasteiger partial charge in [-0.15, -0.1) is 5.69 Å². The van der Waals surface area contributed by atoms with Crippen molar-refractivity contribution in [3.05, 3.63) is 137 Å². The van der Waals surface area contributed by atoms with E-state index in [9.17, 15) is 14.7 Å². The topological polar surface area (TPSA) is 97.0 Å². The van der Waals surface area contributed by atoms with Crippen LogP contribution < -0.4 is 0 Å². The van der Waals surface area contributed by atoms with Gasteiger partial charge in [0.05, 0.1) is 23.4 Å². The fraction of sp³-hybridized carbons (Fsp3) is 0.212. The summed E-state index contributed by atoms with van der Waals surface area (Å²) in [6.45, 7) is 1.39. The molecule has 4 aromatic rings. The van der Waals surface area contributed by atoms with Gasteiger partial charge in [-0.1, -0.05) is 91.0 Å². The van der Waals surface area contributed by atoms with Crippen LogP contribution in [0.15, 0.2) is 114 Å². The average molecular weight is 590 g/mol. The van der Waals surface area contributed by atoms with E-state index in [4.69, 9.17) is 4.99 Å². The number of carboxylic acids is 1. The second kappa shape index (κ2) is 14.5. The van der Waals surface area contributed by atoms with Crippen molar-refractivity contribution in [2.24, 2.45) is 4.99 Å². The fourth-order valence-electron chi connectivity index (χ4n) is 5.04. The molecule has 1 fully saturated rings. The van der Waals surface area contributed by atoms with E-state index in [0.29, 0.717) is 23.5 Å². The maximum Gasteiger partial charge on any atom is 2.00 e. The third-order valence-electron chi connectivity index (χ3n) is 7.02. The Labute approximate surface area is 250 Å². The van der Waals surface area contributed by atoms with Gasteiger partial charge in [-0.05, 0) is 42.6 Å². The maximum atomic E-state index is 13.5. The SMILES string of the molecule is O=C(O)C(Cc1ccccc1)N=C(c1ccccc1)c1ccccc1[N-]C(=O)C1CCCN1Cc1ccccn1.[Ni+2]. The molecule has 2 heterocycles. The molecule has 1 aliphatic heterocycles. The van der Waals surface area contributed by atoms with E-state index >= 15 is 0 Å². The molecular formula is C33H31N4NiO3+. The molecule has 41 heavy (non-hydrogen) atoms. The van der Waals surface area contributed by atoms with Gasteiger partial charge in [-0.2, -0.15) is 0 Å². The molecule has 2 unspecified atom stereocenters. The van der Waals surface area contributed by atoms with Crippen molar-refractivity contribution in [1.29, 1.82) is 0 Å². The first kappa shape index (κ1) is 29.8. The normalized spacial score (nSPS) is 16.0. The minimum absolute atomic E-state index is 0. The predicted octanol–water partition coefficient (Wildman–Crippen LogP) is 5.81. The Kier molecular flexibility index (Phi) is 10.5. The first-order chi connectivity index (χ1) is 19.6. The van der Waals surface area contributed by atoms with E-state index in [1.807, 2.05) is 97.1 Å². The summed E-state index contributed by atoms with van der Waals surface area (Å²) in [5.74, 6) is -1.23. The molecule has 1 aromatic heterocycles. The average Bonchev–Trinajstić information content (AvgIpc) is 3.45. The van der Waals surface area contributed by atoms with E-state index < -0.39 is 12.0 Å². The number of para-hydroxylation sites is 1. The minimum atomic E-state index is -1.01. The number of benzene rings is 3. The van der Waals surface area contributed by atoms with Crippen LogP contribution in [0.4, 0.5) is 5.69 Å². The van der Waals surface area contributed by atoms with Crippen molar-refractivity contribution in [3.63, 3.8) is 0 Å². The number of carboxylic acid groups (broad SMARTS) is 1. The van der Waals surface area contributed by atoms with Gasteiger partial charge >= 0.3 is 22.5 Å². The van der Waals surface area contributed by atoms with Gasteiger partial charge in [-0.25, -0.2) is 4.79 Å². The van der Waals surface area contributed by atoms with Crippen LogP contribution in [0.3, 0.4) is 0 Å². The summed E-state index contributed by atoms with van der Waals surface area (Å²) in [5, 5.41) is 14.7. The number of carbonyl (C=O) groups is 2. The molecule has 5 rings (SSSR count). The number of hydrogen-bond acceptors (Lipinski definition) is 5. The molecule has 1 aliphatic rings. The van der Waals surface area contributed by atoms with Crippen LogP contribution in [0.25, 0.3) is 5.32 Å². The van der Waals surface area contributed by atoms with Crippen LogP contribution in [0.2, 0.25) is 0 Å². The van der Waals surface area contributed by atoms with Gasteiger partial charge in [0, 0.05) is 24.7 Å². The number of carbonyl (C=O) groups excluding carboxylic acids is 1. The molecular weight excluding hydrogens is 559 g/mol. The number of likely N-dealkylation sites (tertiary alicyclic amines) is 1. The van der Waals surface area contributed by atoms with Crippen LogP contribution in [0.5, 0.6) is 0 Å². The Bertz CT molecular complexity index is 1470. The quantitative estimate of drug-likeness (QED) is 0.186. The van der Waals surface area contributed by atoms with Crippen molar-refractivity contribution in [3.8, 4) is 0 Å². The van der Waals surface area contributed by atoms with Crippen LogP contribution in [0.1, 0.15) is 35.2 Å². The Balaban J connectivity index is 0.00000387. The molecule has 0 radical (unpaired) electrons. The molecule has 210 valence electrons. The van der Waals surface area contributed by atoms with Gasteiger partial charge in [0.25, 0.3) is 0 Å². The molecule has 1 amide bonds. The van der Waals surface area contributed by atoms with Crippen molar-refractivity contribution >= 4 is 23.3 Å². The van der Waals surface area contributed by atoms with E-state index in [2.05, 4.69) is 15.2 Å². The Morgan fingerprint density at radius 1 is 0.927 bits per heavy atom. The standard InChI is InChI=1S/C33H32N4O3.Ni/c38-32(30-19-11-21-37(30)23-26-16-9-10-20-34-26)36-28-18-8-7-17-27(28)31(25-14-5-2-6-15-25)35-29(33(39)40)22-24-12-3-1-4-13-24;/h1-10,12-18,20,29-30H,11,19,21-23H2,(H2,35,36,38,39,40);/q;+2/p-1. The first-order valence-corrected chi connectivity index (χ1v) is 13.5. The first-order valence-electron chi connectivity index (χ1n) is 13.5. The molecule has 0 saturated carbocycles. The summed E-state index contributed by atoms with van der Waals surface area (Å²) in [4.78, 5) is 37.2. The molecule has 8 heteroatoms. The number of nitrogens with zero attached hydrogens (tertiary/aromatic N) is 4. The van der Waals surface area contributed by atoms with Crippen LogP contribution in [-0.2, 0) is 39.0 Å². The van der Waals surface area contributed by atoms with E-state index in [1.165, 1.54) is 0 Å². The zero-order valence-corrected chi connectivity index (χ0v) is 23.4. The number of aliphatic imine (C=N–C) groups is 1. The summed E-state index contributed by atoms with van der Waals surface area (Å²) >= 11 is 0. The zero-order chi connectivity index (χ0) is 27.7. The third kappa shape index (κ3) is 7.75. The van der Waals surface area contributed by atoms with E-state index in [0.717, 1.165) is 36.2 Å². The maximum absolute atomic E-state index is 13.5. The number of pyridine rings is 1. The van der Waals surface area contributed by atoms with E-state index in [1.54, 1.807) is 12.3 Å². The van der Waals surface area contributed by atoms with Crippen molar-refractivity contribution in [2.75, 3.05) is 6.54 Å². The minimum Gasteiger partial charge on any atom is -0.625 e. The summed E-state index contributed by atoms with van der Waals surface area (Å²) in [5.41, 5.74) is 4.15. The second-order valence-electron chi connectivity index (χ2n) is 9.80. The summed E-state index contributed by atoms with van der Waals surface area (Å²) in [7, 11) is 0. The van der Waals surface area contributed by atoms with Crippen LogP contribution in [-0.4, -0.2) is 51.2 Å². The molecule has 1 saturated heterocycles. The number of rotatable bonds is 10. The van der Waals surface area contributed by atoms with Crippen molar-refractivity contribution in [2.45, 2.75) is 37.9 Å². The van der Waals surface area contributed by atoms with E-state index in [-0.39, 0.29) is 34.9 Å². The van der Waals surface area contributed by atoms with Crippen LogP contribution in [0, 0.1) is 0 Å².